The van der Waals surface area contributed by atoms with E-state index in [-0.39, 0.29) is 5.97 Å². The van der Waals surface area contributed by atoms with Gasteiger partial charge in [0.25, 0.3) is 0 Å². The van der Waals surface area contributed by atoms with Gasteiger partial charge in [0.2, 0.25) is 0 Å². The van der Waals surface area contributed by atoms with E-state index in [4.69, 9.17) is 26.3 Å². The molecule has 0 spiro atoms. The first-order valence-electron chi connectivity index (χ1n) is 9.13. The quantitative estimate of drug-likeness (QED) is 0.385. The van der Waals surface area contributed by atoms with Crippen molar-refractivity contribution in [2.24, 2.45) is 0 Å². The van der Waals surface area contributed by atoms with Gasteiger partial charge >= 0.3 is 5.97 Å². The van der Waals surface area contributed by atoms with Gasteiger partial charge in [-0.25, -0.2) is 14.8 Å². The highest BCUT2D eigenvalue weighted by Gasteiger charge is 2.22. The maximum Gasteiger partial charge on any atom is 0.348 e. The lowest BCUT2D eigenvalue weighted by molar-refractivity contribution is 0.0531. The van der Waals surface area contributed by atoms with Crippen LogP contribution in [-0.4, -0.2) is 22.5 Å². The Hall–Kier alpha value is -2.96. The first kappa shape index (κ1) is 19.4. The molecule has 0 aliphatic carbocycles. The van der Waals surface area contributed by atoms with Gasteiger partial charge in [-0.05, 0) is 31.5 Å². The number of nitrogens with one attached hydrogen (secondary N) is 1. The number of ether oxygens (including phenoxy) is 1. The van der Waals surface area contributed by atoms with E-state index >= 15 is 0 Å². The van der Waals surface area contributed by atoms with Gasteiger partial charge < -0.3 is 10.1 Å². The van der Waals surface area contributed by atoms with Gasteiger partial charge in [-0.1, -0.05) is 54.1 Å². The van der Waals surface area contributed by atoms with E-state index in [9.17, 15) is 4.79 Å². The third-order valence-corrected chi connectivity index (χ3v) is 5.91. The van der Waals surface area contributed by atoms with Crippen LogP contribution in [0.25, 0.3) is 21.6 Å². The second-order valence-electron chi connectivity index (χ2n) is 6.32. The maximum atomic E-state index is 12.4. The number of benzene rings is 2. The normalized spacial score (nSPS) is 10.9. The summed E-state index contributed by atoms with van der Waals surface area (Å²) in [6, 6.07) is 17.2. The van der Waals surface area contributed by atoms with Crippen molar-refractivity contribution in [3.8, 4) is 11.4 Å². The summed E-state index contributed by atoms with van der Waals surface area (Å²) in [6.45, 7) is 3.99. The van der Waals surface area contributed by atoms with E-state index in [1.54, 1.807) is 6.92 Å². The number of aromatic nitrogens is 2. The van der Waals surface area contributed by atoms with E-state index < -0.39 is 0 Å². The summed E-state index contributed by atoms with van der Waals surface area (Å²) in [5.74, 6) is 0.827. The van der Waals surface area contributed by atoms with Crippen molar-refractivity contribution in [1.82, 2.24) is 9.97 Å². The molecule has 0 fully saturated rings. The van der Waals surface area contributed by atoms with Crippen molar-refractivity contribution in [3.05, 3.63) is 70.1 Å². The lowest BCUT2D eigenvalue weighted by atomic mass is 10.1. The molecule has 0 radical (unpaired) electrons. The van der Waals surface area contributed by atoms with Crippen LogP contribution in [-0.2, 0) is 4.74 Å². The van der Waals surface area contributed by atoms with Crippen LogP contribution in [0.5, 0.6) is 0 Å². The molecule has 146 valence electrons. The molecule has 1 N–H and O–H groups in total. The van der Waals surface area contributed by atoms with Crippen molar-refractivity contribution >= 4 is 50.6 Å². The van der Waals surface area contributed by atoms with Crippen molar-refractivity contribution in [1.29, 1.82) is 0 Å². The number of carbonyl (C=O) groups is 1. The number of para-hydroxylation sites is 1. The van der Waals surface area contributed by atoms with Crippen LogP contribution >= 0.6 is 22.9 Å². The number of thiophene rings is 1. The molecule has 5 nitrogen and oxygen atoms in total. The minimum atomic E-state index is -0.349. The summed E-state index contributed by atoms with van der Waals surface area (Å²) in [5.41, 5.74) is 2.41. The number of rotatable bonds is 5. The highest BCUT2D eigenvalue weighted by molar-refractivity contribution is 7.20. The van der Waals surface area contributed by atoms with Crippen LogP contribution in [0.2, 0.25) is 5.02 Å². The maximum absolute atomic E-state index is 12.4. The van der Waals surface area contributed by atoms with E-state index in [0.29, 0.717) is 33.0 Å². The standard InChI is InChI=1S/C22H18ClN3O2S/c1-3-28-22(27)18-13(2)17-20(24-16-12-8-7-11-15(16)23)25-19(26-21(17)29-18)14-9-5-4-6-10-14/h4-12H,3H2,1-2H3,(H,24,25,26). The molecule has 4 rings (SSSR count). The molecule has 0 atom stereocenters. The van der Waals surface area contributed by atoms with Crippen LogP contribution in [0.4, 0.5) is 11.5 Å². The third-order valence-electron chi connectivity index (χ3n) is 4.41. The molecule has 0 unspecified atom stereocenters. The summed E-state index contributed by atoms with van der Waals surface area (Å²) in [7, 11) is 0. The Labute approximate surface area is 177 Å². The Kier molecular flexibility index (Phi) is 5.47. The number of hydrogen-bond acceptors (Lipinski definition) is 6. The first-order valence-corrected chi connectivity index (χ1v) is 10.3. The molecule has 7 heteroatoms. The highest BCUT2D eigenvalue weighted by Crippen LogP contribution is 2.37. The van der Waals surface area contributed by atoms with Crippen LogP contribution in [0.1, 0.15) is 22.2 Å². The number of esters is 1. The van der Waals surface area contributed by atoms with Crippen LogP contribution in [0, 0.1) is 6.92 Å². The SMILES string of the molecule is CCOC(=O)c1sc2nc(-c3ccccc3)nc(Nc3ccccc3Cl)c2c1C. The molecular weight excluding hydrogens is 406 g/mol. The lowest BCUT2D eigenvalue weighted by Crippen LogP contribution is -2.04. The zero-order valence-corrected chi connectivity index (χ0v) is 17.5. The summed E-state index contributed by atoms with van der Waals surface area (Å²) < 4.78 is 5.21. The number of fused-ring (bicyclic) bond motifs is 1. The molecule has 0 aliphatic heterocycles. The molecule has 0 bridgehead atoms. The monoisotopic (exact) mass is 423 g/mol. The van der Waals surface area contributed by atoms with E-state index in [1.165, 1.54) is 11.3 Å². The zero-order chi connectivity index (χ0) is 20.4. The van der Waals surface area contributed by atoms with Gasteiger partial charge in [0.1, 0.15) is 15.5 Å². The van der Waals surface area contributed by atoms with Gasteiger partial charge in [0.15, 0.2) is 5.82 Å². The number of aryl methyl sites for hydroxylation is 1. The smallest absolute Gasteiger partial charge is 0.348 e. The fraction of sp³-hybridized carbons (Fsp3) is 0.136. The average Bonchev–Trinajstić information content (AvgIpc) is 3.07. The Morgan fingerprint density at radius 1 is 1.10 bits per heavy atom. The van der Waals surface area contributed by atoms with Crippen molar-refractivity contribution < 1.29 is 9.53 Å². The van der Waals surface area contributed by atoms with Crippen LogP contribution in [0.15, 0.2) is 54.6 Å². The predicted molar refractivity (Wildman–Crippen MR) is 118 cm³/mol. The van der Waals surface area contributed by atoms with E-state index in [1.807, 2.05) is 61.5 Å². The van der Waals surface area contributed by atoms with Crippen LogP contribution in [0.3, 0.4) is 0 Å². The number of nitrogens with zero attached hydrogens (tertiary/aromatic N) is 2. The zero-order valence-electron chi connectivity index (χ0n) is 15.9. The second-order valence-corrected chi connectivity index (χ2v) is 7.73. The molecular formula is C22H18ClN3O2S. The molecule has 2 aromatic heterocycles. The van der Waals surface area contributed by atoms with Crippen molar-refractivity contribution in [3.63, 3.8) is 0 Å². The fourth-order valence-electron chi connectivity index (χ4n) is 3.03. The van der Waals surface area contributed by atoms with Gasteiger partial charge in [0, 0.05) is 5.56 Å². The number of carbonyl (C=O) groups excluding carboxylic acids is 1. The predicted octanol–water partition coefficient (Wildman–Crippen LogP) is 6.24. The summed E-state index contributed by atoms with van der Waals surface area (Å²) in [4.78, 5) is 23.1. The topological polar surface area (TPSA) is 64.1 Å². The molecule has 2 aromatic carbocycles. The molecule has 4 aromatic rings. The Bertz CT molecular complexity index is 1190. The van der Waals surface area contributed by atoms with Crippen molar-refractivity contribution in [2.45, 2.75) is 13.8 Å². The molecule has 0 saturated carbocycles. The van der Waals surface area contributed by atoms with E-state index in [0.717, 1.165) is 22.2 Å². The minimum Gasteiger partial charge on any atom is -0.462 e. The van der Waals surface area contributed by atoms with Gasteiger partial charge in [0.05, 0.1) is 22.7 Å². The Morgan fingerprint density at radius 2 is 1.83 bits per heavy atom. The minimum absolute atomic E-state index is 0.318. The summed E-state index contributed by atoms with van der Waals surface area (Å²) >= 11 is 7.65. The molecule has 29 heavy (non-hydrogen) atoms. The number of anilines is 2. The number of halogens is 1. The summed E-state index contributed by atoms with van der Waals surface area (Å²) in [6.07, 6.45) is 0. The number of hydrogen-bond donors (Lipinski definition) is 1. The Morgan fingerprint density at radius 3 is 2.55 bits per heavy atom. The van der Waals surface area contributed by atoms with Crippen molar-refractivity contribution in [2.75, 3.05) is 11.9 Å². The first-order chi connectivity index (χ1) is 14.1. The third kappa shape index (κ3) is 3.81. The van der Waals surface area contributed by atoms with Gasteiger partial charge in [-0.15, -0.1) is 11.3 Å². The van der Waals surface area contributed by atoms with E-state index in [2.05, 4.69) is 5.32 Å². The molecule has 0 saturated heterocycles. The largest absolute Gasteiger partial charge is 0.462 e. The summed E-state index contributed by atoms with van der Waals surface area (Å²) in [5, 5.41) is 4.69. The molecule has 0 aliphatic rings. The second kappa shape index (κ2) is 8.19. The average molecular weight is 424 g/mol. The van der Waals surface area contributed by atoms with Crippen LogP contribution < -0.4 is 5.32 Å². The van der Waals surface area contributed by atoms with Gasteiger partial charge in [-0.3, -0.25) is 0 Å². The lowest BCUT2D eigenvalue weighted by Gasteiger charge is -2.11. The molecule has 0 amide bonds. The Balaban J connectivity index is 1.92. The fourth-order valence-corrected chi connectivity index (χ4v) is 4.28. The van der Waals surface area contributed by atoms with Gasteiger partial charge in [-0.2, -0.15) is 0 Å². The highest BCUT2D eigenvalue weighted by atomic mass is 35.5. The molecule has 2 heterocycles.